The average molecular weight is 361 g/mol. The lowest BCUT2D eigenvalue weighted by Crippen LogP contribution is -2.25. The van der Waals surface area contributed by atoms with Crippen LogP contribution in [0.4, 0.5) is 15.8 Å². The van der Waals surface area contributed by atoms with Crippen LogP contribution in [0.15, 0.2) is 36.4 Å². The highest BCUT2D eigenvalue weighted by Crippen LogP contribution is 2.25. The number of carbonyl (C=O) groups is 1. The molecule has 2 aromatic carbocycles. The third-order valence-corrected chi connectivity index (χ3v) is 4.99. The number of anilines is 2. The van der Waals surface area contributed by atoms with Gasteiger partial charge in [0.05, 0.1) is 5.69 Å². The van der Waals surface area contributed by atoms with Crippen molar-refractivity contribution in [2.75, 3.05) is 23.3 Å². The van der Waals surface area contributed by atoms with Gasteiger partial charge in [-0.15, -0.1) is 0 Å². The molecular formula is C20H22ClFN2O. The number of rotatable bonds is 3. The van der Waals surface area contributed by atoms with Gasteiger partial charge in [0.15, 0.2) is 0 Å². The summed E-state index contributed by atoms with van der Waals surface area (Å²) in [5.41, 5.74) is 2.53. The van der Waals surface area contributed by atoms with Gasteiger partial charge in [0.25, 0.3) is 5.91 Å². The summed E-state index contributed by atoms with van der Waals surface area (Å²) in [7, 11) is 0. The number of hydrogen-bond donors (Lipinski definition) is 1. The van der Waals surface area contributed by atoms with Gasteiger partial charge in [-0.05, 0) is 55.7 Å². The fraction of sp³-hybridized carbons (Fsp3) is 0.350. The Morgan fingerprint density at radius 2 is 1.80 bits per heavy atom. The molecule has 3 rings (SSSR count). The molecule has 3 nitrogen and oxygen atoms in total. The normalized spacial score (nSPS) is 14.9. The Labute approximate surface area is 152 Å². The zero-order chi connectivity index (χ0) is 17.8. The van der Waals surface area contributed by atoms with E-state index in [9.17, 15) is 9.18 Å². The van der Waals surface area contributed by atoms with Crippen molar-refractivity contribution in [3.05, 3.63) is 58.4 Å². The van der Waals surface area contributed by atoms with Crippen LogP contribution in [0.5, 0.6) is 0 Å². The van der Waals surface area contributed by atoms with Gasteiger partial charge in [0.2, 0.25) is 0 Å². The van der Waals surface area contributed by atoms with Gasteiger partial charge in [0, 0.05) is 29.4 Å². The van der Waals surface area contributed by atoms with Crippen LogP contribution in [0.25, 0.3) is 0 Å². The van der Waals surface area contributed by atoms with Crippen LogP contribution in [0.3, 0.4) is 0 Å². The molecule has 0 saturated carbocycles. The van der Waals surface area contributed by atoms with Crippen LogP contribution >= 0.6 is 11.6 Å². The lowest BCUT2D eigenvalue weighted by molar-refractivity contribution is 0.102. The van der Waals surface area contributed by atoms with E-state index >= 15 is 0 Å². The minimum absolute atomic E-state index is 0.268. The average Bonchev–Trinajstić information content (AvgIpc) is 2.88. The van der Waals surface area contributed by atoms with E-state index in [1.54, 1.807) is 18.2 Å². The number of nitrogens with zero attached hydrogens (tertiary/aromatic N) is 1. The first-order chi connectivity index (χ1) is 12.0. The molecule has 0 atom stereocenters. The summed E-state index contributed by atoms with van der Waals surface area (Å²) < 4.78 is 14.3. The Morgan fingerprint density at radius 1 is 1.08 bits per heavy atom. The summed E-state index contributed by atoms with van der Waals surface area (Å²) in [5, 5.41) is 3.42. The highest BCUT2D eigenvalue weighted by molar-refractivity contribution is 6.31. The number of benzene rings is 2. The summed E-state index contributed by atoms with van der Waals surface area (Å²) in [6, 6.07) is 9.91. The predicted octanol–water partition coefficient (Wildman–Crippen LogP) is 5.42. The monoisotopic (exact) mass is 360 g/mol. The van der Waals surface area contributed by atoms with Crippen molar-refractivity contribution in [3.8, 4) is 0 Å². The maximum absolute atomic E-state index is 14.3. The fourth-order valence-corrected chi connectivity index (χ4v) is 3.26. The second-order valence-electron chi connectivity index (χ2n) is 6.49. The maximum atomic E-state index is 14.3. The zero-order valence-corrected chi connectivity index (χ0v) is 15.1. The minimum atomic E-state index is -0.281. The van der Waals surface area contributed by atoms with Crippen molar-refractivity contribution in [1.29, 1.82) is 0 Å². The smallest absolute Gasteiger partial charge is 0.255 e. The minimum Gasteiger partial charge on any atom is -0.369 e. The van der Waals surface area contributed by atoms with E-state index in [4.69, 9.17) is 11.6 Å². The Hall–Kier alpha value is -2.07. The maximum Gasteiger partial charge on any atom is 0.255 e. The molecule has 1 amide bonds. The molecule has 132 valence electrons. The zero-order valence-electron chi connectivity index (χ0n) is 14.3. The molecule has 25 heavy (non-hydrogen) atoms. The predicted molar refractivity (Wildman–Crippen MR) is 101 cm³/mol. The van der Waals surface area contributed by atoms with Gasteiger partial charge >= 0.3 is 0 Å². The van der Waals surface area contributed by atoms with Crippen molar-refractivity contribution in [1.82, 2.24) is 0 Å². The molecule has 0 aromatic heterocycles. The summed E-state index contributed by atoms with van der Waals surface area (Å²) in [4.78, 5) is 14.6. The lowest BCUT2D eigenvalue weighted by Gasteiger charge is -2.23. The lowest BCUT2D eigenvalue weighted by atomic mass is 10.1. The van der Waals surface area contributed by atoms with Crippen LogP contribution < -0.4 is 10.2 Å². The highest BCUT2D eigenvalue weighted by atomic mass is 35.5. The standard InChI is InChI=1S/C20H22ClFN2O/c1-14-6-8-16(13-17(14)21)23-20(25)15-7-9-18(22)19(12-15)24-10-4-2-3-5-11-24/h6-9,12-13H,2-5,10-11H2,1H3,(H,23,25). The molecule has 1 heterocycles. The van der Waals surface area contributed by atoms with Crippen molar-refractivity contribution < 1.29 is 9.18 Å². The van der Waals surface area contributed by atoms with Crippen molar-refractivity contribution in [3.63, 3.8) is 0 Å². The number of aryl methyl sites for hydroxylation is 1. The van der Waals surface area contributed by atoms with E-state index in [1.807, 2.05) is 17.9 Å². The van der Waals surface area contributed by atoms with Gasteiger partial charge < -0.3 is 10.2 Å². The Balaban J connectivity index is 1.80. The van der Waals surface area contributed by atoms with Crippen LogP contribution in [0.2, 0.25) is 5.02 Å². The van der Waals surface area contributed by atoms with Crippen molar-refractivity contribution in [2.45, 2.75) is 32.6 Å². The first-order valence-electron chi connectivity index (χ1n) is 8.66. The molecule has 0 spiro atoms. The SMILES string of the molecule is Cc1ccc(NC(=O)c2ccc(F)c(N3CCCCCC3)c2)cc1Cl. The topological polar surface area (TPSA) is 32.3 Å². The first-order valence-corrected chi connectivity index (χ1v) is 9.04. The third kappa shape index (κ3) is 4.31. The second-order valence-corrected chi connectivity index (χ2v) is 6.89. The van der Waals surface area contributed by atoms with Crippen molar-refractivity contribution in [2.24, 2.45) is 0 Å². The molecule has 5 heteroatoms. The molecule has 1 saturated heterocycles. The van der Waals surface area contributed by atoms with Gasteiger partial charge in [-0.3, -0.25) is 4.79 Å². The molecule has 0 bridgehead atoms. The van der Waals surface area contributed by atoms with Crippen LogP contribution in [0.1, 0.15) is 41.6 Å². The Bertz CT molecular complexity index is 770. The van der Waals surface area contributed by atoms with Gasteiger partial charge in [-0.25, -0.2) is 4.39 Å². The second kappa shape index (κ2) is 7.87. The molecule has 1 fully saturated rings. The summed E-state index contributed by atoms with van der Waals surface area (Å²) >= 11 is 6.10. The number of amides is 1. The fourth-order valence-electron chi connectivity index (χ4n) is 3.08. The van der Waals surface area contributed by atoms with E-state index in [0.717, 1.165) is 31.5 Å². The van der Waals surface area contributed by atoms with Crippen LogP contribution in [-0.4, -0.2) is 19.0 Å². The summed E-state index contributed by atoms with van der Waals surface area (Å²) in [6.45, 7) is 3.56. The Morgan fingerprint density at radius 3 is 2.48 bits per heavy atom. The quantitative estimate of drug-likeness (QED) is 0.792. The van der Waals surface area contributed by atoms with Crippen LogP contribution in [-0.2, 0) is 0 Å². The van der Waals surface area contributed by atoms with Gasteiger partial charge in [-0.1, -0.05) is 30.5 Å². The van der Waals surface area contributed by atoms with Crippen LogP contribution in [0, 0.1) is 12.7 Å². The van der Waals surface area contributed by atoms with Gasteiger partial charge in [0.1, 0.15) is 5.82 Å². The number of hydrogen-bond acceptors (Lipinski definition) is 2. The number of halogens is 2. The molecule has 1 aliphatic heterocycles. The summed E-state index contributed by atoms with van der Waals surface area (Å²) in [6.07, 6.45) is 4.45. The number of carbonyl (C=O) groups excluding carboxylic acids is 1. The van der Waals surface area contributed by atoms with E-state index in [-0.39, 0.29) is 11.7 Å². The Kier molecular flexibility index (Phi) is 5.59. The van der Waals surface area contributed by atoms with E-state index in [2.05, 4.69) is 5.32 Å². The van der Waals surface area contributed by atoms with Gasteiger partial charge in [-0.2, -0.15) is 0 Å². The number of nitrogens with one attached hydrogen (secondary N) is 1. The molecule has 0 unspecified atom stereocenters. The molecule has 0 radical (unpaired) electrons. The highest BCUT2D eigenvalue weighted by Gasteiger charge is 2.17. The van der Waals surface area contributed by atoms with Crippen molar-refractivity contribution >= 4 is 28.9 Å². The molecule has 1 N–H and O–H groups in total. The molecule has 1 aliphatic rings. The first kappa shape index (κ1) is 17.7. The van der Waals surface area contributed by atoms with E-state index in [0.29, 0.717) is 22.0 Å². The molecular weight excluding hydrogens is 339 g/mol. The van der Waals surface area contributed by atoms with E-state index in [1.165, 1.54) is 25.0 Å². The molecule has 0 aliphatic carbocycles. The largest absolute Gasteiger partial charge is 0.369 e. The third-order valence-electron chi connectivity index (χ3n) is 4.58. The molecule has 2 aromatic rings. The van der Waals surface area contributed by atoms with E-state index < -0.39 is 0 Å². The summed E-state index contributed by atoms with van der Waals surface area (Å²) in [5.74, 6) is -0.548.